The molecule has 0 radical (unpaired) electrons. The zero-order chi connectivity index (χ0) is 18.5. The van der Waals surface area contributed by atoms with Crippen LogP contribution in [0.3, 0.4) is 0 Å². The van der Waals surface area contributed by atoms with E-state index in [1.807, 2.05) is 0 Å². The molecule has 1 aromatic carbocycles. The van der Waals surface area contributed by atoms with E-state index in [2.05, 4.69) is 30.5 Å². The van der Waals surface area contributed by atoms with Crippen LogP contribution >= 0.6 is 11.6 Å². The van der Waals surface area contributed by atoms with E-state index in [4.69, 9.17) is 11.6 Å². The Morgan fingerprint density at radius 3 is 2.62 bits per heavy atom. The van der Waals surface area contributed by atoms with Gasteiger partial charge in [-0.2, -0.15) is 8.78 Å². The molecule has 2 aromatic rings. The van der Waals surface area contributed by atoms with Crippen molar-refractivity contribution in [2.75, 3.05) is 36.4 Å². The molecule has 0 atom stereocenters. The lowest BCUT2D eigenvalue weighted by molar-refractivity contribution is -0.0497. The molecule has 1 amide bonds. The second kappa shape index (κ2) is 8.24. The van der Waals surface area contributed by atoms with Crippen LogP contribution in [0.5, 0.6) is 5.75 Å². The lowest BCUT2D eigenvalue weighted by Crippen LogP contribution is -2.44. The molecule has 0 saturated carbocycles. The van der Waals surface area contributed by atoms with Crippen LogP contribution in [0, 0.1) is 0 Å². The number of nitrogens with one attached hydrogen (secondary N) is 2. The average Bonchev–Trinajstić information content (AvgIpc) is 2.64. The molecule has 0 aliphatic carbocycles. The Morgan fingerprint density at radius 1 is 1.23 bits per heavy atom. The standard InChI is InChI=1S/C16H16ClF2N5O2/c17-11-9-10(1-3-13(11)26-16(18)19)21-15(25)12-2-4-14(23-22-12)24-7-5-20-6-8-24/h1-4,9,16,20H,5-8H2,(H,21,25). The van der Waals surface area contributed by atoms with Crippen LogP contribution in [0.4, 0.5) is 20.3 Å². The Bertz CT molecular complexity index is 770. The lowest BCUT2D eigenvalue weighted by atomic mass is 10.2. The summed E-state index contributed by atoms with van der Waals surface area (Å²) in [5.41, 5.74) is 0.461. The van der Waals surface area contributed by atoms with Crippen LogP contribution in [0.2, 0.25) is 5.02 Å². The van der Waals surface area contributed by atoms with Crippen LogP contribution in [0.15, 0.2) is 30.3 Å². The van der Waals surface area contributed by atoms with Gasteiger partial charge in [-0.1, -0.05) is 11.6 Å². The number of carbonyl (C=O) groups excluding carboxylic acids is 1. The number of alkyl halides is 2. The van der Waals surface area contributed by atoms with Gasteiger partial charge in [0.15, 0.2) is 11.5 Å². The zero-order valence-corrected chi connectivity index (χ0v) is 14.3. The first-order valence-electron chi connectivity index (χ1n) is 7.88. The van der Waals surface area contributed by atoms with Gasteiger partial charge in [0.1, 0.15) is 5.75 Å². The summed E-state index contributed by atoms with van der Waals surface area (Å²) in [6.45, 7) is 0.418. The van der Waals surface area contributed by atoms with Crippen molar-refractivity contribution in [2.24, 2.45) is 0 Å². The summed E-state index contributed by atoms with van der Waals surface area (Å²) in [5.74, 6) is 0.0578. The molecule has 138 valence electrons. The Labute approximate surface area is 153 Å². The monoisotopic (exact) mass is 383 g/mol. The molecule has 0 unspecified atom stereocenters. The quantitative estimate of drug-likeness (QED) is 0.825. The Balaban J connectivity index is 1.65. The van der Waals surface area contributed by atoms with Crippen LogP contribution in [-0.2, 0) is 0 Å². The minimum Gasteiger partial charge on any atom is -0.433 e. The number of anilines is 2. The molecule has 2 heterocycles. The molecule has 0 spiro atoms. The summed E-state index contributed by atoms with van der Waals surface area (Å²) in [7, 11) is 0. The van der Waals surface area contributed by atoms with Gasteiger partial charge in [-0.25, -0.2) is 0 Å². The highest BCUT2D eigenvalue weighted by Gasteiger charge is 2.15. The number of nitrogens with zero attached hydrogens (tertiary/aromatic N) is 3. The molecule has 1 aliphatic heterocycles. The van der Waals surface area contributed by atoms with E-state index in [9.17, 15) is 13.6 Å². The van der Waals surface area contributed by atoms with Crippen LogP contribution in [0.25, 0.3) is 0 Å². The SMILES string of the molecule is O=C(Nc1ccc(OC(F)F)c(Cl)c1)c1ccc(N2CCNCC2)nn1. The smallest absolute Gasteiger partial charge is 0.387 e. The third-order valence-corrected chi connectivity index (χ3v) is 4.03. The third-order valence-electron chi connectivity index (χ3n) is 3.73. The molecular weight excluding hydrogens is 368 g/mol. The number of amides is 1. The predicted molar refractivity (Wildman–Crippen MR) is 93.2 cm³/mol. The van der Waals surface area contributed by atoms with Crippen molar-refractivity contribution >= 4 is 29.0 Å². The topological polar surface area (TPSA) is 79.4 Å². The summed E-state index contributed by atoms with van der Waals surface area (Å²) in [4.78, 5) is 14.3. The number of hydrogen-bond acceptors (Lipinski definition) is 6. The van der Waals surface area contributed by atoms with E-state index in [1.54, 1.807) is 12.1 Å². The fraction of sp³-hybridized carbons (Fsp3) is 0.312. The first-order chi connectivity index (χ1) is 12.5. The molecule has 1 saturated heterocycles. The van der Waals surface area contributed by atoms with Crippen molar-refractivity contribution in [3.63, 3.8) is 0 Å². The number of halogens is 3. The second-order valence-electron chi connectivity index (χ2n) is 5.49. The van der Waals surface area contributed by atoms with Gasteiger partial charge >= 0.3 is 6.61 Å². The van der Waals surface area contributed by atoms with Crippen molar-refractivity contribution in [3.05, 3.63) is 41.0 Å². The van der Waals surface area contributed by atoms with Gasteiger partial charge in [0.2, 0.25) is 0 Å². The summed E-state index contributed by atoms with van der Waals surface area (Å²) in [6, 6.07) is 7.29. The average molecular weight is 384 g/mol. The van der Waals surface area contributed by atoms with E-state index in [0.717, 1.165) is 26.2 Å². The first kappa shape index (κ1) is 18.3. The van der Waals surface area contributed by atoms with E-state index in [-0.39, 0.29) is 16.5 Å². The van der Waals surface area contributed by atoms with Crippen molar-refractivity contribution in [1.82, 2.24) is 15.5 Å². The summed E-state index contributed by atoms with van der Waals surface area (Å²) >= 11 is 5.86. The van der Waals surface area contributed by atoms with Gasteiger partial charge in [-0.05, 0) is 30.3 Å². The fourth-order valence-electron chi connectivity index (χ4n) is 2.47. The predicted octanol–water partition coefficient (Wildman–Crippen LogP) is 2.39. The van der Waals surface area contributed by atoms with Gasteiger partial charge in [-0.3, -0.25) is 4.79 Å². The van der Waals surface area contributed by atoms with E-state index in [1.165, 1.54) is 18.2 Å². The van der Waals surface area contributed by atoms with Gasteiger partial charge in [-0.15, -0.1) is 10.2 Å². The number of aromatic nitrogens is 2. The number of benzene rings is 1. The Hall–Kier alpha value is -2.52. The minimum atomic E-state index is -2.97. The number of piperazine rings is 1. The molecule has 26 heavy (non-hydrogen) atoms. The minimum absolute atomic E-state index is 0.0387. The maximum absolute atomic E-state index is 12.2. The van der Waals surface area contributed by atoms with Crippen molar-refractivity contribution in [1.29, 1.82) is 0 Å². The molecule has 1 fully saturated rings. The van der Waals surface area contributed by atoms with Gasteiger partial charge in [0.05, 0.1) is 5.02 Å². The molecule has 1 aliphatic rings. The Morgan fingerprint density at radius 2 is 2.00 bits per heavy atom. The normalized spacial score (nSPS) is 14.4. The highest BCUT2D eigenvalue weighted by molar-refractivity contribution is 6.32. The molecule has 0 bridgehead atoms. The number of hydrogen-bond donors (Lipinski definition) is 2. The van der Waals surface area contributed by atoms with Crippen molar-refractivity contribution < 1.29 is 18.3 Å². The van der Waals surface area contributed by atoms with Gasteiger partial charge in [0, 0.05) is 31.9 Å². The molecule has 2 N–H and O–H groups in total. The molecule has 7 nitrogen and oxygen atoms in total. The zero-order valence-electron chi connectivity index (χ0n) is 13.6. The number of ether oxygens (including phenoxy) is 1. The second-order valence-corrected chi connectivity index (χ2v) is 5.90. The van der Waals surface area contributed by atoms with E-state index >= 15 is 0 Å². The molecule has 10 heteroatoms. The number of carbonyl (C=O) groups is 1. The fourth-order valence-corrected chi connectivity index (χ4v) is 2.70. The largest absolute Gasteiger partial charge is 0.433 e. The third kappa shape index (κ3) is 4.55. The summed E-state index contributed by atoms with van der Waals surface area (Å²) in [6.07, 6.45) is 0. The van der Waals surface area contributed by atoms with Crippen molar-refractivity contribution in [2.45, 2.75) is 6.61 Å². The molecular formula is C16H16ClF2N5O2. The number of rotatable bonds is 5. The Kier molecular flexibility index (Phi) is 5.79. The highest BCUT2D eigenvalue weighted by atomic mass is 35.5. The van der Waals surface area contributed by atoms with Gasteiger partial charge in [0.25, 0.3) is 5.91 Å². The van der Waals surface area contributed by atoms with Crippen molar-refractivity contribution in [3.8, 4) is 5.75 Å². The maximum Gasteiger partial charge on any atom is 0.387 e. The van der Waals surface area contributed by atoms with Crippen LogP contribution < -0.4 is 20.3 Å². The lowest BCUT2D eigenvalue weighted by Gasteiger charge is -2.27. The molecule has 3 rings (SSSR count). The summed E-state index contributed by atoms with van der Waals surface area (Å²) < 4.78 is 28.7. The molecule has 1 aromatic heterocycles. The maximum atomic E-state index is 12.2. The highest BCUT2D eigenvalue weighted by Crippen LogP contribution is 2.29. The summed E-state index contributed by atoms with van der Waals surface area (Å²) in [5, 5.41) is 13.8. The van der Waals surface area contributed by atoms with E-state index < -0.39 is 12.5 Å². The van der Waals surface area contributed by atoms with Crippen LogP contribution in [0.1, 0.15) is 10.5 Å². The van der Waals surface area contributed by atoms with Crippen LogP contribution in [-0.4, -0.2) is 48.9 Å². The van der Waals surface area contributed by atoms with Gasteiger partial charge < -0.3 is 20.3 Å². The first-order valence-corrected chi connectivity index (χ1v) is 8.26. The van der Waals surface area contributed by atoms with E-state index in [0.29, 0.717) is 11.5 Å².